The fourth-order valence-electron chi connectivity index (χ4n) is 3.25. The molecule has 2 N–H and O–H groups in total. The second kappa shape index (κ2) is 4.34. The van der Waals surface area contributed by atoms with Gasteiger partial charge in [0, 0.05) is 11.7 Å². The Hall–Kier alpha value is -1.36. The van der Waals surface area contributed by atoms with Gasteiger partial charge >= 0.3 is 5.97 Å². The lowest BCUT2D eigenvalue weighted by molar-refractivity contribution is -0.144. The molecule has 2 unspecified atom stereocenters. The highest BCUT2D eigenvalue weighted by molar-refractivity contribution is 5.79. The SMILES string of the molecule is Cc1cc(C)n(C2CCC(NC3CC3)(C(=O)O)C2)n1. The van der Waals surface area contributed by atoms with E-state index in [4.69, 9.17) is 0 Å². The first-order valence-corrected chi connectivity index (χ1v) is 7.04. The van der Waals surface area contributed by atoms with Crippen molar-refractivity contribution in [1.82, 2.24) is 15.1 Å². The topological polar surface area (TPSA) is 67.2 Å². The summed E-state index contributed by atoms with van der Waals surface area (Å²) in [6, 6.07) is 2.67. The molecule has 2 atom stereocenters. The Kier molecular flexibility index (Phi) is 2.89. The Morgan fingerprint density at radius 2 is 2.21 bits per heavy atom. The van der Waals surface area contributed by atoms with Crippen LogP contribution in [0.5, 0.6) is 0 Å². The molecule has 0 radical (unpaired) electrons. The summed E-state index contributed by atoms with van der Waals surface area (Å²) in [5.74, 6) is -0.705. The number of aromatic nitrogens is 2. The summed E-state index contributed by atoms with van der Waals surface area (Å²) in [6.07, 6.45) is 4.44. The molecule has 2 saturated carbocycles. The van der Waals surface area contributed by atoms with Gasteiger partial charge in [-0.25, -0.2) is 0 Å². The highest BCUT2D eigenvalue weighted by atomic mass is 16.4. The van der Waals surface area contributed by atoms with Gasteiger partial charge in [0.15, 0.2) is 0 Å². The fourth-order valence-corrected chi connectivity index (χ4v) is 3.25. The maximum atomic E-state index is 11.7. The van der Waals surface area contributed by atoms with Crippen LogP contribution in [0.1, 0.15) is 49.5 Å². The van der Waals surface area contributed by atoms with E-state index < -0.39 is 11.5 Å². The minimum absolute atomic E-state index is 0.205. The molecular weight excluding hydrogens is 242 g/mol. The monoisotopic (exact) mass is 263 g/mol. The van der Waals surface area contributed by atoms with Crippen LogP contribution in [0.25, 0.3) is 0 Å². The van der Waals surface area contributed by atoms with E-state index in [0.29, 0.717) is 18.9 Å². The molecule has 19 heavy (non-hydrogen) atoms. The highest BCUT2D eigenvalue weighted by Crippen LogP contribution is 2.40. The van der Waals surface area contributed by atoms with Crippen LogP contribution in [0.3, 0.4) is 0 Å². The maximum Gasteiger partial charge on any atom is 0.323 e. The van der Waals surface area contributed by atoms with Crippen LogP contribution >= 0.6 is 0 Å². The molecule has 0 spiro atoms. The molecule has 0 saturated heterocycles. The summed E-state index contributed by atoms with van der Waals surface area (Å²) in [4.78, 5) is 11.7. The van der Waals surface area contributed by atoms with Crippen molar-refractivity contribution in [3.05, 3.63) is 17.5 Å². The van der Waals surface area contributed by atoms with Crippen molar-refractivity contribution in [1.29, 1.82) is 0 Å². The molecule has 0 aliphatic heterocycles. The summed E-state index contributed by atoms with van der Waals surface area (Å²) < 4.78 is 2.01. The zero-order valence-electron chi connectivity index (χ0n) is 11.5. The molecule has 5 heteroatoms. The number of hydrogen-bond donors (Lipinski definition) is 2. The van der Waals surface area contributed by atoms with Gasteiger partial charge in [-0.2, -0.15) is 5.10 Å². The summed E-state index contributed by atoms with van der Waals surface area (Å²) in [7, 11) is 0. The van der Waals surface area contributed by atoms with E-state index in [9.17, 15) is 9.90 Å². The third kappa shape index (κ3) is 2.27. The van der Waals surface area contributed by atoms with Gasteiger partial charge in [0.1, 0.15) is 5.54 Å². The zero-order valence-corrected chi connectivity index (χ0v) is 11.5. The van der Waals surface area contributed by atoms with Gasteiger partial charge in [-0.15, -0.1) is 0 Å². The Labute approximate surface area is 113 Å². The lowest BCUT2D eigenvalue weighted by atomic mass is 9.97. The van der Waals surface area contributed by atoms with Gasteiger partial charge in [0.2, 0.25) is 0 Å². The Morgan fingerprint density at radius 1 is 1.47 bits per heavy atom. The minimum Gasteiger partial charge on any atom is -0.480 e. The van der Waals surface area contributed by atoms with Gasteiger partial charge in [-0.1, -0.05) is 0 Å². The van der Waals surface area contributed by atoms with E-state index in [1.165, 1.54) is 0 Å². The number of aliphatic carboxylic acids is 1. The van der Waals surface area contributed by atoms with Crippen LogP contribution in [0.2, 0.25) is 0 Å². The molecule has 2 aliphatic carbocycles. The predicted octanol–water partition coefficient (Wildman–Crippen LogP) is 1.80. The van der Waals surface area contributed by atoms with Crippen molar-refractivity contribution in [2.45, 2.75) is 63.6 Å². The first-order valence-electron chi connectivity index (χ1n) is 7.04. The molecule has 0 bridgehead atoms. The molecule has 3 rings (SSSR count). The molecule has 2 aliphatic rings. The number of aryl methyl sites for hydroxylation is 2. The fraction of sp³-hybridized carbons (Fsp3) is 0.714. The van der Waals surface area contributed by atoms with Gasteiger partial charge < -0.3 is 5.11 Å². The third-order valence-corrected chi connectivity index (χ3v) is 4.35. The molecule has 2 fully saturated rings. The van der Waals surface area contributed by atoms with Crippen molar-refractivity contribution >= 4 is 5.97 Å². The Balaban J connectivity index is 1.80. The Bertz CT molecular complexity index is 507. The van der Waals surface area contributed by atoms with E-state index in [2.05, 4.69) is 16.5 Å². The van der Waals surface area contributed by atoms with E-state index in [1.54, 1.807) is 0 Å². The maximum absolute atomic E-state index is 11.7. The molecule has 0 aromatic carbocycles. The zero-order chi connectivity index (χ0) is 13.6. The summed E-state index contributed by atoms with van der Waals surface area (Å²) >= 11 is 0. The smallest absolute Gasteiger partial charge is 0.323 e. The summed E-state index contributed by atoms with van der Waals surface area (Å²) in [5.41, 5.74) is 1.38. The van der Waals surface area contributed by atoms with Crippen LogP contribution in [0.4, 0.5) is 0 Å². The van der Waals surface area contributed by atoms with Crippen molar-refractivity contribution in [2.24, 2.45) is 0 Å². The van der Waals surface area contributed by atoms with E-state index >= 15 is 0 Å². The van der Waals surface area contributed by atoms with E-state index in [-0.39, 0.29) is 6.04 Å². The third-order valence-electron chi connectivity index (χ3n) is 4.35. The number of carboxylic acids is 1. The van der Waals surface area contributed by atoms with Crippen molar-refractivity contribution in [2.75, 3.05) is 0 Å². The van der Waals surface area contributed by atoms with Crippen LogP contribution in [0.15, 0.2) is 6.07 Å². The summed E-state index contributed by atoms with van der Waals surface area (Å²) in [5, 5.41) is 17.4. The second-order valence-corrected chi connectivity index (χ2v) is 6.07. The van der Waals surface area contributed by atoms with Crippen LogP contribution in [0, 0.1) is 13.8 Å². The molecule has 0 amide bonds. The van der Waals surface area contributed by atoms with Gasteiger partial charge in [0.05, 0.1) is 11.7 Å². The van der Waals surface area contributed by atoms with Gasteiger partial charge in [-0.05, 0) is 52.0 Å². The number of carboxylic acid groups (broad SMARTS) is 1. The number of hydrogen-bond acceptors (Lipinski definition) is 3. The standard InChI is InChI=1S/C14H21N3O2/c1-9-7-10(2)17(16-9)12-5-6-14(8-12,13(18)19)15-11-3-4-11/h7,11-12,15H,3-6,8H2,1-2H3,(H,18,19). The lowest BCUT2D eigenvalue weighted by Crippen LogP contribution is -2.51. The normalized spacial score (nSPS) is 30.7. The van der Waals surface area contributed by atoms with Crippen LogP contribution in [-0.2, 0) is 4.79 Å². The largest absolute Gasteiger partial charge is 0.480 e. The van der Waals surface area contributed by atoms with Crippen molar-refractivity contribution < 1.29 is 9.90 Å². The van der Waals surface area contributed by atoms with Gasteiger partial charge in [-0.3, -0.25) is 14.8 Å². The number of nitrogens with zero attached hydrogens (tertiary/aromatic N) is 2. The van der Waals surface area contributed by atoms with Gasteiger partial charge in [0.25, 0.3) is 0 Å². The minimum atomic E-state index is -0.738. The first kappa shape index (κ1) is 12.7. The van der Waals surface area contributed by atoms with Crippen molar-refractivity contribution in [3.63, 3.8) is 0 Å². The quantitative estimate of drug-likeness (QED) is 0.869. The Morgan fingerprint density at radius 3 is 2.74 bits per heavy atom. The van der Waals surface area contributed by atoms with Crippen molar-refractivity contribution in [3.8, 4) is 0 Å². The van der Waals surface area contributed by atoms with Crippen LogP contribution < -0.4 is 5.32 Å². The van der Waals surface area contributed by atoms with E-state index in [1.807, 2.05) is 18.5 Å². The predicted molar refractivity (Wildman–Crippen MR) is 71.1 cm³/mol. The molecular formula is C14H21N3O2. The number of nitrogens with one attached hydrogen (secondary N) is 1. The average molecular weight is 263 g/mol. The second-order valence-electron chi connectivity index (χ2n) is 6.07. The molecule has 104 valence electrons. The summed E-state index contributed by atoms with van der Waals surface area (Å²) in [6.45, 7) is 4.01. The molecule has 5 nitrogen and oxygen atoms in total. The molecule has 1 heterocycles. The van der Waals surface area contributed by atoms with E-state index in [0.717, 1.165) is 30.7 Å². The number of rotatable bonds is 4. The number of carbonyl (C=O) groups is 1. The molecule has 1 aromatic rings. The molecule has 1 aromatic heterocycles. The lowest BCUT2D eigenvalue weighted by Gasteiger charge is -2.26. The highest BCUT2D eigenvalue weighted by Gasteiger charge is 2.48. The first-order chi connectivity index (χ1) is 9.00. The average Bonchev–Trinajstić information content (AvgIpc) is 2.92. The van der Waals surface area contributed by atoms with Crippen LogP contribution in [-0.4, -0.2) is 32.4 Å².